The monoisotopic (exact) mass is 303 g/mol. The molecule has 1 amide bonds. The van der Waals surface area contributed by atoms with Crippen molar-refractivity contribution in [3.05, 3.63) is 42.0 Å². The van der Waals surface area contributed by atoms with Gasteiger partial charge in [0.1, 0.15) is 5.69 Å². The molecule has 0 radical (unpaired) electrons. The molecule has 6 nitrogen and oxygen atoms in total. The van der Waals surface area contributed by atoms with Crippen molar-refractivity contribution in [1.82, 2.24) is 20.2 Å². The van der Waals surface area contributed by atoms with Crippen molar-refractivity contribution in [1.29, 1.82) is 0 Å². The second-order valence-corrected chi connectivity index (χ2v) is 5.87. The van der Waals surface area contributed by atoms with E-state index in [1.54, 1.807) is 0 Å². The Hall–Kier alpha value is -3.15. The van der Waals surface area contributed by atoms with Crippen molar-refractivity contribution in [2.75, 3.05) is 5.32 Å². The average molecular weight is 303 g/mol. The van der Waals surface area contributed by atoms with Gasteiger partial charge in [0.2, 0.25) is 5.91 Å². The minimum absolute atomic E-state index is 0.0335. The number of H-pyrrole nitrogens is 2. The summed E-state index contributed by atoms with van der Waals surface area (Å²) in [6, 6.07) is 11.9. The van der Waals surface area contributed by atoms with Crippen molar-refractivity contribution in [3.8, 4) is 11.5 Å². The first-order valence-electron chi connectivity index (χ1n) is 7.49. The van der Waals surface area contributed by atoms with E-state index in [1.165, 1.54) is 0 Å². The molecule has 0 spiro atoms. The number of nitrogens with one attached hydrogen (secondary N) is 3. The Kier molecular flexibility index (Phi) is 2.26. The van der Waals surface area contributed by atoms with Crippen LogP contribution in [0.3, 0.4) is 0 Å². The second kappa shape index (κ2) is 4.19. The lowest BCUT2D eigenvalue weighted by Crippen LogP contribution is -2.08. The van der Waals surface area contributed by atoms with E-state index < -0.39 is 0 Å². The topological polar surface area (TPSA) is 86.5 Å². The number of imidazole rings is 1. The van der Waals surface area contributed by atoms with Crippen molar-refractivity contribution in [2.45, 2.75) is 12.8 Å². The zero-order valence-corrected chi connectivity index (χ0v) is 12.3. The number of benzene rings is 2. The van der Waals surface area contributed by atoms with E-state index in [0.29, 0.717) is 0 Å². The summed E-state index contributed by atoms with van der Waals surface area (Å²) in [6.45, 7) is 1.91. The fourth-order valence-corrected chi connectivity index (χ4v) is 3.18. The molecule has 0 bridgehead atoms. The molecule has 2 aromatic carbocycles. The number of nitrogens with zero attached hydrogens (tertiary/aromatic N) is 2. The highest BCUT2D eigenvalue weighted by atomic mass is 16.2. The number of carbonyl (C=O) groups is 1. The number of aromatic nitrogens is 4. The molecule has 0 aliphatic carbocycles. The lowest BCUT2D eigenvalue weighted by Gasteiger charge is -1.99. The summed E-state index contributed by atoms with van der Waals surface area (Å²) in [6.07, 6.45) is 0. The maximum atomic E-state index is 11.8. The van der Waals surface area contributed by atoms with Gasteiger partial charge < -0.3 is 10.3 Å². The summed E-state index contributed by atoms with van der Waals surface area (Å²) < 4.78 is 0. The molecule has 3 N–H and O–H groups in total. The maximum absolute atomic E-state index is 11.8. The van der Waals surface area contributed by atoms with E-state index >= 15 is 0 Å². The quantitative estimate of drug-likeness (QED) is 0.505. The number of rotatable bonds is 1. The van der Waals surface area contributed by atoms with Gasteiger partial charge in [-0.2, -0.15) is 5.10 Å². The van der Waals surface area contributed by atoms with Crippen molar-refractivity contribution >= 4 is 33.5 Å². The first-order valence-corrected chi connectivity index (χ1v) is 7.49. The van der Waals surface area contributed by atoms with E-state index in [1.807, 2.05) is 43.3 Å². The molecule has 2 aromatic heterocycles. The molecule has 0 saturated carbocycles. The fraction of sp³-hybridized carbons (Fsp3) is 0.118. The van der Waals surface area contributed by atoms with Crippen molar-refractivity contribution in [2.24, 2.45) is 0 Å². The maximum Gasteiger partial charge on any atom is 0.231 e. The third-order valence-electron chi connectivity index (χ3n) is 4.47. The molecule has 4 aromatic rings. The molecule has 6 heteroatoms. The molecular formula is C17H13N5O. The van der Waals surface area contributed by atoms with Crippen LogP contribution in [0.4, 0.5) is 5.69 Å². The fourth-order valence-electron chi connectivity index (χ4n) is 3.18. The number of aromatic amines is 2. The third kappa shape index (κ3) is 1.66. The lowest BCUT2D eigenvalue weighted by molar-refractivity contribution is -0.116. The summed E-state index contributed by atoms with van der Waals surface area (Å²) in [5.41, 5.74) is 5.36. The lowest BCUT2D eigenvalue weighted by atomic mass is 10.0. The van der Waals surface area contributed by atoms with Gasteiger partial charge in [0, 0.05) is 11.1 Å². The minimum Gasteiger partial charge on any atom is -0.337 e. The first-order chi connectivity index (χ1) is 11.2. The van der Waals surface area contributed by atoms with Gasteiger partial charge in [-0.05, 0) is 30.7 Å². The van der Waals surface area contributed by atoms with Crippen LogP contribution in [0.1, 0.15) is 18.4 Å². The van der Waals surface area contributed by atoms with Gasteiger partial charge in [0.15, 0.2) is 5.82 Å². The van der Waals surface area contributed by atoms with Gasteiger partial charge in [-0.3, -0.25) is 9.89 Å². The van der Waals surface area contributed by atoms with E-state index in [2.05, 4.69) is 25.5 Å². The van der Waals surface area contributed by atoms with Crippen LogP contribution >= 0.6 is 0 Å². The van der Waals surface area contributed by atoms with Crippen LogP contribution in [-0.4, -0.2) is 26.1 Å². The van der Waals surface area contributed by atoms with E-state index in [9.17, 15) is 4.79 Å². The van der Waals surface area contributed by atoms with Crippen LogP contribution < -0.4 is 5.32 Å². The molecule has 5 rings (SSSR count). The Bertz CT molecular complexity index is 1090. The van der Waals surface area contributed by atoms with Crippen LogP contribution in [0.2, 0.25) is 0 Å². The second-order valence-electron chi connectivity index (χ2n) is 5.87. The number of hydrogen-bond donors (Lipinski definition) is 3. The van der Waals surface area contributed by atoms with Gasteiger partial charge in [-0.15, -0.1) is 0 Å². The molecule has 1 aliphatic heterocycles. The SMILES string of the molecule is CC1C(=O)Nc2cc3nc(-c4n[nH]c5ccccc45)[nH]c3cc21. The summed E-state index contributed by atoms with van der Waals surface area (Å²) in [5, 5.41) is 11.3. The van der Waals surface area contributed by atoms with Crippen molar-refractivity contribution < 1.29 is 4.79 Å². The summed E-state index contributed by atoms with van der Waals surface area (Å²) in [5.74, 6) is 0.624. The van der Waals surface area contributed by atoms with Crippen molar-refractivity contribution in [3.63, 3.8) is 0 Å². The molecule has 112 valence electrons. The molecule has 3 heterocycles. The van der Waals surface area contributed by atoms with E-state index in [4.69, 9.17) is 0 Å². The Balaban J connectivity index is 1.71. The number of anilines is 1. The standard InChI is InChI=1S/C17H13N5O/c1-8-10-6-13-14(7-12(10)20-17(8)23)19-16(18-13)15-9-4-2-3-5-11(9)21-22-15/h2-8H,1H3,(H,18,19)(H,20,23)(H,21,22). The Morgan fingerprint density at radius 1 is 1.13 bits per heavy atom. The summed E-state index contributed by atoms with van der Waals surface area (Å²) >= 11 is 0. The van der Waals surface area contributed by atoms with Gasteiger partial charge in [-0.25, -0.2) is 4.98 Å². The van der Waals surface area contributed by atoms with Crippen LogP contribution in [0, 0.1) is 0 Å². The third-order valence-corrected chi connectivity index (χ3v) is 4.47. The zero-order valence-electron chi connectivity index (χ0n) is 12.3. The number of hydrogen-bond acceptors (Lipinski definition) is 3. The van der Waals surface area contributed by atoms with E-state index in [0.717, 1.165) is 44.7 Å². The van der Waals surface area contributed by atoms with Gasteiger partial charge >= 0.3 is 0 Å². The predicted octanol–water partition coefficient (Wildman–Crippen LogP) is 3.16. The normalized spacial score (nSPS) is 16.9. The highest BCUT2D eigenvalue weighted by Gasteiger charge is 2.27. The molecule has 23 heavy (non-hydrogen) atoms. The highest BCUT2D eigenvalue weighted by molar-refractivity contribution is 6.05. The van der Waals surface area contributed by atoms with Gasteiger partial charge in [-0.1, -0.05) is 18.2 Å². The molecule has 1 atom stereocenters. The van der Waals surface area contributed by atoms with Crippen LogP contribution in [0.25, 0.3) is 33.5 Å². The largest absolute Gasteiger partial charge is 0.337 e. The van der Waals surface area contributed by atoms with Crippen LogP contribution in [-0.2, 0) is 4.79 Å². The van der Waals surface area contributed by atoms with Crippen LogP contribution in [0.15, 0.2) is 36.4 Å². The highest BCUT2D eigenvalue weighted by Crippen LogP contribution is 2.36. The molecule has 0 fully saturated rings. The molecule has 1 aliphatic rings. The van der Waals surface area contributed by atoms with Crippen LogP contribution in [0.5, 0.6) is 0 Å². The van der Waals surface area contributed by atoms with Gasteiger partial charge in [0.25, 0.3) is 0 Å². The number of amides is 1. The summed E-state index contributed by atoms with van der Waals surface area (Å²) in [4.78, 5) is 19.7. The Morgan fingerprint density at radius 2 is 2.00 bits per heavy atom. The average Bonchev–Trinajstić information content (AvgIpc) is 3.22. The Morgan fingerprint density at radius 3 is 2.91 bits per heavy atom. The molecule has 0 saturated heterocycles. The van der Waals surface area contributed by atoms with Gasteiger partial charge in [0.05, 0.1) is 22.5 Å². The number of para-hydroxylation sites is 1. The zero-order chi connectivity index (χ0) is 15.6. The minimum atomic E-state index is -0.132. The first kappa shape index (κ1) is 12.4. The number of carbonyl (C=O) groups excluding carboxylic acids is 1. The molecular weight excluding hydrogens is 290 g/mol. The summed E-state index contributed by atoms with van der Waals surface area (Å²) in [7, 11) is 0. The molecule has 1 unspecified atom stereocenters. The predicted molar refractivity (Wildman–Crippen MR) is 88.2 cm³/mol. The smallest absolute Gasteiger partial charge is 0.231 e. The Labute approximate surface area is 130 Å². The van der Waals surface area contributed by atoms with E-state index in [-0.39, 0.29) is 11.8 Å². The number of fused-ring (bicyclic) bond motifs is 3.